The summed E-state index contributed by atoms with van der Waals surface area (Å²) in [7, 11) is 0. The second kappa shape index (κ2) is 7.94. The largest absolute Gasteiger partial charge is 0.256 e. The van der Waals surface area contributed by atoms with E-state index in [1.165, 1.54) is 48.0 Å². The van der Waals surface area contributed by atoms with E-state index in [2.05, 4.69) is 100 Å². The van der Waals surface area contributed by atoms with Crippen LogP contribution in [0.1, 0.15) is 50.7 Å². The van der Waals surface area contributed by atoms with Crippen LogP contribution in [0.25, 0.3) is 42.6 Å². The molecule has 1 nitrogen and oxygen atoms in total. The molecule has 0 amide bonds. The molecule has 0 fully saturated rings. The van der Waals surface area contributed by atoms with E-state index in [1.54, 1.807) is 0 Å². The lowest BCUT2D eigenvalue weighted by molar-refractivity contribution is 0.864. The first kappa shape index (κ1) is 20.0. The summed E-state index contributed by atoms with van der Waals surface area (Å²) in [6.45, 7) is 8.99. The topological polar surface area (TPSA) is 12.9 Å². The first-order valence-electron chi connectivity index (χ1n) is 11.0. The van der Waals surface area contributed by atoms with Crippen LogP contribution in [0.5, 0.6) is 0 Å². The summed E-state index contributed by atoms with van der Waals surface area (Å²) in [5.41, 5.74) is 7.56. The number of fused-ring (bicyclic) bond motifs is 3. The molecular formula is C29H27NS. The lowest BCUT2D eigenvalue weighted by Gasteiger charge is -2.11. The Hall–Kier alpha value is -2.97. The molecule has 31 heavy (non-hydrogen) atoms. The van der Waals surface area contributed by atoms with Crippen molar-refractivity contribution in [2.45, 2.75) is 39.5 Å². The highest BCUT2D eigenvalue weighted by Gasteiger charge is 2.17. The van der Waals surface area contributed by atoms with E-state index in [1.807, 2.05) is 17.5 Å². The quantitative estimate of drug-likeness (QED) is 0.282. The molecule has 0 unspecified atom stereocenters. The van der Waals surface area contributed by atoms with Crippen LogP contribution in [-0.2, 0) is 0 Å². The Bertz CT molecular complexity index is 1380. The van der Waals surface area contributed by atoms with Crippen LogP contribution in [0.15, 0.2) is 79.0 Å². The Morgan fingerprint density at radius 3 is 2.16 bits per heavy atom. The summed E-state index contributed by atoms with van der Waals surface area (Å²) in [4.78, 5) is 4.77. The van der Waals surface area contributed by atoms with E-state index in [9.17, 15) is 0 Å². The van der Waals surface area contributed by atoms with Crippen molar-refractivity contribution in [2.24, 2.45) is 0 Å². The van der Waals surface area contributed by atoms with Gasteiger partial charge in [0.1, 0.15) is 0 Å². The van der Waals surface area contributed by atoms with E-state index >= 15 is 0 Å². The zero-order valence-corrected chi connectivity index (χ0v) is 19.3. The van der Waals surface area contributed by atoms with Crippen LogP contribution in [0.3, 0.4) is 0 Å². The Kier molecular flexibility index (Phi) is 5.11. The third kappa shape index (κ3) is 3.55. The third-order valence-electron chi connectivity index (χ3n) is 6.12. The molecule has 0 aliphatic carbocycles. The smallest absolute Gasteiger partial charge is 0.0719 e. The lowest BCUT2D eigenvalue weighted by Crippen LogP contribution is -1.91. The number of thiophene rings is 1. The Balaban J connectivity index is 1.84. The van der Waals surface area contributed by atoms with Gasteiger partial charge >= 0.3 is 0 Å². The summed E-state index contributed by atoms with van der Waals surface area (Å²) >= 11 is 1.90. The van der Waals surface area contributed by atoms with Crippen molar-refractivity contribution >= 4 is 31.5 Å². The van der Waals surface area contributed by atoms with Crippen LogP contribution >= 0.6 is 11.3 Å². The van der Waals surface area contributed by atoms with Gasteiger partial charge in [-0.15, -0.1) is 11.3 Å². The molecule has 0 saturated heterocycles. The number of nitrogens with zero attached hydrogens (tertiary/aromatic N) is 1. The summed E-state index contributed by atoms with van der Waals surface area (Å²) in [5, 5.41) is 2.68. The maximum absolute atomic E-state index is 4.77. The fraction of sp³-hybridized carbons (Fsp3) is 0.207. The molecule has 2 heterocycles. The van der Waals surface area contributed by atoms with E-state index in [-0.39, 0.29) is 0 Å². The predicted molar refractivity (Wildman–Crippen MR) is 136 cm³/mol. The second-order valence-corrected chi connectivity index (χ2v) is 9.92. The standard InChI is InChI=1S/C29H27NS/c1-18(2)21-10-11-25-27(17-21)31-29-24(26-16-22(19(3)4)14-15-30-26)13-12-23(28(25)29)20-8-6-5-7-9-20/h5-19H,1-4H3. The molecule has 0 spiro atoms. The summed E-state index contributed by atoms with van der Waals surface area (Å²) in [5.74, 6) is 1.00. The molecule has 5 rings (SSSR count). The van der Waals surface area contributed by atoms with Gasteiger partial charge in [0, 0.05) is 31.9 Å². The van der Waals surface area contributed by atoms with Crippen molar-refractivity contribution in [3.8, 4) is 22.4 Å². The lowest BCUT2D eigenvalue weighted by atomic mass is 9.94. The van der Waals surface area contributed by atoms with Crippen LogP contribution in [0.4, 0.5) is 0 Å². The molecular weight excluding hydrogens is 394 g/mol. The monoisotopic (exact) mass is 421 g/mol. The minimum Gasteiger partial charge on any atom is -0.256 e. The van der Waals surface area contributed by atoms with Crippen molar-refractivity contribution in [3.05, 3.63) is 90.1 Å². The maximum atomic E-state index is 4.77. The maximum Gasteiger partial charge on any atom is 0.0719 e. The van der Waals surface area contributed by atoms with Gasteiger partial charge in [-0.05, 0) is 52.3 Å². The molecule has 0 aliphatic rings. The van der Waals surface area contributed by atoms with Crippen molar-refractivity contribution in [1.29, 1.82) is 0 Å². The first-order valence-corrected chi connectivity index (χ1v) is 11.9. The fourth-order valence-electron chi connectivity index (χ4n) is 4.27. The van der Waals surface area contributed by atoms with Gasteiger partial charge in [0.2, 0.25) is 0 Å². The summed E-state index contributed by atoms with van der Waals surface area (Å²) in [6, 6.07) is 26.6. The van der Waals surface area contributed by atoms with Crippen molar-refractivity contribution in [3.63, 3.8) is 0 Å². The van der Waals surface area contributed by atoms with Gasteiger partial charge in [-0.2, -0.15) is 0 Å². The summed E-state index contributed by atoms with van der Waals surface area (Å²) in [6.07, 6.45) is 1.95. The zero-order valence-electron chi connectivity index (χ0n) is 18.5. The molecule has 0 bridgehead atoms. The van der Waals surface area contributed by atoms with E-state index < -0.39 is 0 Å². The molecule has 0 N–H and O–H groups in total. The minimum atomic E-state index is 0.483. The highest BCUT2D eigenvalue weighted by atomic mass is 32.1. The van der Waals surface area contributed by atoms with Gasteiger partial charge in [0.05, 0.1) is 5.69 Å². The highest BCUT2D eigenvalue weighted by molar-refractivity contribution is 7.26. The number of rotatable bonds is 4. The molecule has 2 heteroatoms. The number of benzene rings is 3. The number of hydrogen-bond donors (Lipinski definition) is 0. The van der Waals surface area contributed by atoms with E-state index in [4.69, 9.17) is 4.98 Å². The van der Waals surface area contributed by atoms with E-state index in [0.717, 1.165) is 5.69 Å². The SMILES string of the molecule is CC(C)c1ccnc(-c2ccc(-c3ccccc3)c3c2sc2cc(C(C)C)ccc23)c1. The van der Waals surface area contributed by atoms with Crippen molar-refractivity contribution < 1.29 is 0 Å². The molecule has 154 valence electrons. The van der Waals surface area contributed by atoms with Crippen LogP contribution in [-0.4, -0.2) is 4.98 Å². The van der Waals surface area contributed by atoms with Gasteiger partial charge in [-0.25, -0.2) is 0 Å². The molecule has 0 saturated carbocycles. The van der Waals surface area contributed by atoms with Crippen LogP contribution < -0.4 is 0 Å². The number of pyridine rings is 1. The van der Waals surface area contributed by atoms with E-state index in [0.29, 0.717) is 11.8 Å². The predicted octanol–water partition coefficient (Wildman–Crippen LogP) is 9.03. The Morgan fingerprint density at radius 2 is 1.42 bits per heavy atom. The third-order valence-corrected chi connectivity index (χ3v) is 7.31. The minimum absolute atomic E-state index is 0.483. The van der Waals surface area contributed by atoms with Gasteiger partial charge in [0.25, 0.3) is 0 Å². The van der Waals surface area contributed by atoms with Crippen LogP contribution in [0.2, 0.25) is 0 Å². The Morgan fingerprint density at radius 1 is 0.710 bits per heavy atom. The van der Waals surface area contributed by atoms with Crippen molar-refractivity contribution in [2.75, 3.05) is 0 Å². The molecule has 0 radical (unpaired) electrons. The second-order valence-electron chi connectivity index (χ2n) is 8.87. The highest BCUT2D eigenvalue weighted by Crippen LogP contribution is 2.45. The average molecular weight is 422 g/mol. The summed E-state index contributed by atoms with van der Waals surface area (Å²) < 4.78 is 2.68. The molecule has 0 atom stereocenters. The van der Waals surface area contributed by atoms with Gasteiger partial charge in [-0.3, -0.25) is 4.98 Å². The molecule has 2 aromatic heterocycles. The van der Waals surface area contributed by atoms with Gasteiger partial charge < -0.3 is 0 Å². The number of aromatic nitrogens is 1. The van der Waals surface area contributed by atoms with Crippen molar-refractivity contribution in [1.82, 2.24) is 4.98 Å². The van der Waals surface area contributed by atoms with Gasteiger partial charge in [-0.1, -0.05) is 82.3 Å². The molecule has 5 aromatic rings. The number of hydrogen-bond acceptors (Lipinski definition) is 2. The Labute approximate surface area is 188 Å². The fourth-order valence-corrected chi connectivity index (χ4v) is 5.57. The van der Waals surface area contributed by atoms with Crippen LogP contribution in [0, 0.1) is 0 Å². The molecule has 0 aliphatic heterocycles. The first-order chi connectivity index (χ1) is 15.0. The normalized spacial score (nSPS) is 11.8. The molecule has 3 aromatic carbocycles. The zero-order chi connectivity index (χ0) is 21.5. The average Bonchev–Trinajstić information content (AvgIpc) is 3.18. The van der Waals surface area contributed by atoms with Gasteiger partial charge in [0.15, 0.2) is 0 Å².